The van der Waals surface area contributed by atoms with E-state index in [2.05, 4.69) is 5.10 Å². The van der Waals surface area contributed by atoms with Crippen molar-refractivity contribution in [1.29, 1.82) is 0 Å². The molecule has 1 aromatic carbocycles. The number of hydrogen-bond acceptors (Lipinski definition) is 4. The Hall–Kier alpha value is -2.67. The van der Waals surface area contributed by atoms with Gasteiger partial charge in [0.2, 0.25) is 5.91 Å². The first-order valence-electron chi connectivity index (χ1n) is 8.80. The van der Waals surface area contributed by atoms with Gasteiger partial charge in [-0.15, -0.1) is 0 Å². The zero-order valence-electron chi connectivity index (χ0n) is 15.1. The van der Waals surface area contributed by atoms with Crippen molar-refractivity contribution in [2.45, 2.75) is 26.3 Å². The van der Waals surface area contributed by atoms with Crippen LogP contribution >= 0.6 is 0 Å². The van der Waals surface area contributed by atoms with Crippen molar-refractivity contribution in [3.05, 3.63) is 47.8 Å². The molecule has 2 aromatic rings. The monoisotopic (exact) mass is 356 g/mol. The highest BCUT2D eigenvalue weighted by molar-refractivity contribution is 5.77. The maximum absolute atomic E-state index is 12.2. The number of amides is 1. The van der Waals surface area contributed by atoms with Crippen molar-refractivity contribution in [1.82, 2.24) is 19.6 Å². The Morgan fingerprint density at radius 2 is 2.00 bits per heavy atom. The molecule has 26 heavy (non-hydrogen) atoms. The quantitative estimate of drug-likeness (QED) is 0.905. The van der Waals surface area contributed by atoms with Crippen LogP contribution in [0.1, 0.15) is 30.5 Å². The van der Waals surface area contributed by atoms with Crippen LogP contribution in [-0.4, -0.2) is 62.7 Å². The zero-order valence-corrected chi connectivity index (χ0v) is 15.1. The minimum atomic E-state index is -0.890. The SMILES string of the molecule is CC(=O)N1CCCN(C(C(=O)O)c2ccc(C)cc2-n2cccn2)CC1. The highest BCUT2D eigenvalue weighted by Gasteiger charge is 2.31. The second-order valence-corrected chi connectivity index (χ2v) is 6.65. The second-order valence-electron chi connectivity index (χ2n) is 6.65. The van der Waals surface area contributed by atoms with Gasteiger partial charge in [0.25, 0.3) is 0 Å². The summed E-state index contributed by atoms with van der Waals surface area (Å²) in [7, 11) is 0. The second kappa shape index (κ2) is 7.70. The minimum Gasteiger partial charge on any atom is -0.480 e. The number of aromatic nitrogens is 2. The Kier molecular flexibility index (Phi) is 5.37. The molecule has 0 radical (unpaired) electrons. The molecule has 1 aliphatic heterocycles. The summed E-state index contributed by atoms with van der Waals surface area (Å²) < 4.78 is 1.71. The normalized spacial score (nSPS) is 16.9. The first kappa shape index (κ1) is 18.1. The molecule has 3 rings (SSSR count). The lowest BCUT2D eigenvalue weighted by atomic mass is 10.0. The van der Waals surface area contributed by atoms with Crippen LogP contribution in [-0.2, 0) is 9.59 Å². The fourth-order valence-corrected chi connectivity index (χ4v) is 3.49. The Morgan fingerprint density at radius 3 is 2.65 bits per heavy atom. The molecule has 2 heterocycles. The fraction of sp³-hybridized carbons (Fsp3) is 0.421. The maximum Gasteiger partial charge on any atom is 0.325 e. The lowest BCUT2D eigenvalue weighted by Crippen LogP contribution is -2.38. The number of nitrogens with zero attached hydrogens (tertiary/aromatic N) is 4. The van der Waals surface area contributed by atoms with Crippen molar-refractivity contribution in [3.63, 3.8) is 0 Å². The van der Waals surface area contributed by atoms with Crippen LogP contribution in [0.25, 0.3) is 5.69 Å². The van der Waals surface area contributed by atoms with Crippen LogP contribution in [0.3, 0.4) is 0 Å². The molecule has 7 nitrogen and oxygen atoms in total. The summed E-state index contributed by atoms with van der Waals surface area (Å²) in [5, 5.41) is 14.3. The first-order chi connectivity index (χ1) is 12.5. The molecule has 0 aliphatic carbocycles. The van der Waals surface area contributed by atoms with E-state index in [1.165, 1.54) is 0 Å². The van der Waals surface area contributed by atoms with Crippen LogP contribution in [0.5, 0.6) is 0 Å². The summed E-state index contributed by atoms with van der Waals surface area (Å²) in [6.07, 6.45) is 4.25. The molecular weight excluding hydrogens is 332 g/mol. The molecule has 1 fully saturated rings. The number of aryl methyl sites for hydroxylation is 1. The van der Waals surface area contributed by atoms with E-state index in [0.29, 0.717) is 31.7 Å². The van der Waals surface area contributed by atoms with Crippen molar-refractivity contribution >= 4 is 11.9 Å². The van der Waals surface area contributed by atoms with Crippen LogP contribution < -0.4 is 0 Å². The van der Waals surface area contributed by atoms with E-state index in [-0.39, 0.29) is 5.91 Å². The molecule has 138 valence electrons. The average molecular weight is 356 g/mol. The van der Waals surface area contributed by atoms with Crippen LogP contribution in [0.15, 0.2) is 36.7 Å². The molecular formula is C19H24N4O3. The van der Waals surface area contributed by atoms with Gasteiger partial charge in [-0.2, -0.15) is 5.10 Å². The molecule has 1 N–H and O–H groups in total. The topological polar surface area (TPSA) is 78.7 Å². The predicted molar refractivity (Wildman–Crippen MR) is 97.1 cm³/mol. The lowest BCUT2D eigenvalue weighted by Gasteiger charge is -2.29. The third-order valence-corrected chi connectivity index (χ3v) is 4.81. The molecule has 1 aromatic heterocycles. The van der Waals surface area contributed by atoms with Crippen LogP contribution in [0, 0.1) is 6.92 Å². The molecule has 1 atom stereocenters. The molecule has 1 amide bonds. The standard InChI is InChI=1S/C19H24N4O3/c1-14-5-6-16(17(13-14)23-10-3-7-20-23)18(19(25)26)22-9-4-8-21(11-12-22)15(2)24/h3,5-7,10,13,18H,4,8-9,11-12H2,1-2H3,(H,25,26). The summed E-state index contributed by atoms with van der Waals surface area (Å²) in [6, 6.07) is 6.80. The van der Waals surface area contributed by atoms with Gasteiger partial charge in [-0.25, -0.2) is 4.68 Å². The Labute approximate surface area is 152 Å². The summed E-state index contributed by atoms with van der Waals surface area (Å²) in [5.41, 5.74) is 2.53. The Balaban J connectivity index is 1.96. The summed E-state index contributed by atoms with van der Waals surface area (Å²) in [6.45, 7) is 5.90. The first-order valence-corrected chi connectivity index (χ1v) is 8.80. The lowest BCUT2D eigenvalue weighted by molar-refractivity contribution is -0.143. The van der Waals surface area contributed by atoms with Crippen molar-refractivity contribution in [2.24, 2.45) is 0 Å². The van der Waals surface area contributed by atoms with E-state index in [9.17, 15) is 14.7 Å². The smallest absolute Gasteiger partial charge is 0.325 e. The number of carboxylic acid groups (broad SMARTS) is 1. The molecule has 0 spiro atoms. The average Bonchev–Trinajstić information content (AvgIpc) is 3.01. The summed E-state index contributed by atoms with van der Waals surface area (Å²) >= 11 is 0. The van der Waals surface area contributed by atoms with E-state index in [1.54, 1.807) is 22.7 Å². The van der Waals surface area contributed by atoms with Crippen molar-refractivity contribution in [2.75, 3.05) is 26.2 Å². The highest BCUT2D eigenvalue weighted by atomic mass is 16.4. The van der Waals surface area contributed by atoms with Gasteiger partial charge in [0, 0.05) is 51.1 Å². The van der Waals surface area contributed by atoms with E-state index in [0.717, 1.165) is 17.7 Å². The zero-order chi connectivity index (χ0) is 18.7. The van der Waals surface area contributed by atoms with Crippen molar-refractivity contribution in [3.8, 4) is 5.69 Å². The maximum atomic E-state index is 12.2. The highest BCUT2D eigenvalue weighted by Crippen LogP contribution is 2.29. The molecule has 0 bridgehead atoms. The number of rotatable bonds is 4. The third-order valence-electron chi connectivity index (χ3n) is 4.81. The van der Waals surface area contributed by atoms with Gasteiger partial charge in [0.15, 0.2) is 0 Å². The number of carbonyl (C=O) groups excluding carboxylic acids is 1. The van der Waals surface area contributed by atoms with Gasteiger partial charge in [0.1, 0.15) is 6.04 Å². The van der Waals surface area contributed by atoms with Gasteiger partial charge >= 0.3 is 5.97 Å². The van der Waals surface area contributed by atoms with E-state index in [4.69, 9.17) is 0 Å². The Bertz CT molecular complexity index is 788. The number of carbonyl (C=O) groups is 2. The molecule has 1 aliphatic rings. The molecule has 7 heteroatoms. The van der Waals surface area contributed by atoms with E-state index in [1.807, 2.05) is 42.3 Å². The number of aliphatic carboxylic acids is 1. The Morgan fingerprint density at radius 1 is 1.19 bits per heavy atom. The van der Waals surface area contributed by atoms with Gasteiger partial charge in [0.05, 0.1) is 5.69 Å². The number of benzene rings is 1. The van der Waals surface area contributed by atoms with Crippen LogP contribution in [0.2, 0.25) is 0 Å². The molecule has 0 saturated carbocycles. The van der Waals surface area contributed by atoms with Gasteiger partial charge < -0.3 is 10.0 Å². The molecule has 1 saturated heterocycles. The fourth-order valence-electron chi connectivity index (χ4n) is 3.49. The largest absolute Gasteiger partial charge is 0.480 e. The van der Waals surface area contributed by atoms with Crippen LogP contribution in [0.4, 0.5) is 0 Å². The molecule has 1 unspecified atom stereocenters. The summed E-state index contributed by atoms with van der Waals surface area (Å²) in [4.78, 5) is 27.6. The number of hydrogen-bond donors (Lipinski definition) is 1. The summed E-state index contributed by atoms with van der Waals surface area (Å²) in [5.74, 6) is -0.857. The van der Waals surface area contributed by atoms with E-state index < -0.39 is 12.0 Å². The van der Waals surface area contributed by atoms with E-state index >= 15 is 0 Å². The number of carboxylic acids is 1. The minimum absolute atomic E-state index is 0.0336. The van der Waals surface area contributed by atoms with Gasteiger partial charge in [-0.05, 0) is 31.0 Å². The van der Waals surface area contributed by atoms with Crippen molar-refractivity contribution < 1.29 is 14.7 Å². The third kappa shape index (κ3) is 3.77. The predicted octanol–water partition coefficient (Wildman–Crippen LogP) is 1.86. The van der Waals surface area contributed by atoms with Gasteiger partial charge in [-0.1, -0.05) is 12.1 Å². The van der Waals surface area contributed by atoms with Gasteiger partial charge in [-0.3, -0.25) is 14.5 Å².